The molecule has 2 rings (SSSR count). The summed E-state index contributed by atoms with van der Waals surface area (Å²) in [5.41, 5.74) is 0.638. The molecule has 0 amide bonds. The van der Waals surface area contributed by atoms with Crippen molar-refractivity contribution in [3.8, 4) is 0 Å². The molecule has 1 aromatic heterocycles. The summed E-state index contributed by atoms with van der Waals surface area (Å²) in [6.07, 6.45) is 1.02. The molecule has 6 nitrogen and oxygen atoms in total. The standard InChI is InChI=1S/C13H13ClN2O4S2/c1-8(9-3-5-10(14)6-4-9)15-13-11(16(17)18)7-12(21-13)22(2,19)20/h3-8,15H,1-2H3. The van der Waals surface area contributed by atoms with E-state index < -0.39 is 14.8 Å². The van der Waals surface area contributed by atoms with Gasteiger partial charge in [-0.3, -0.25) is 10.1 Å². The van der Waals surface area contributed by atoms with Crippen molar-refractivity contribution < 1.29 is 13.3 Å². The van der Waals surface area contributed by atoms with Crippen molar-refractivity contribution in [2.75, 3.05) is 11.6 Å². The lowest BCUT2D eigenvalue weighted by atomic mass is 10.1. The third-order valence-electron chi connectivity index (χ3n) is 2.97. The molecule has 0 aliphatic heterocycles. The molecule has 0 saturated carbocycles. The summed E-state index contributed by atoms with van der Waals surface area (Å²) < 4.78 is 23.1. The van der Waals surface area contributed by atoms with Crippen LogP contribution in [-0.4, -0.2) is 19.6 Å². The second kappa shape index (κ2) is 6.23. The average Bonchev–Trinajstić information content (AvgIpc) is 2.83. The molecule has 2 aromatic rings. The molecule has 0 saturated heterocycles. The number of benzene rings is 1. The number of anilines is 1. The molecule has 1 atom stereocenters. The molecule has 118 valence electrons. The van der Waals surface area contributed by atoms with Gasteiger partial charge in [0.15, 0.2) is 14.8 Å². The van der Waals surface area contributed by atoms with Crippen LogP contribution >= 0.6 is 22.9 Å². The first-order valence-corrected chi connectivity index (χ1v) is 9.27. The molecular weight excluding hydrogens is 348 g/mol. The van der Waals surface area contributed by atoms with E-state index in [1.165, 1.54) is 0 Å². The fourth-order valence-corrected chi connectivity index (χ4v) is 3.97. The Labute approximate surface area is 136 Å². The topological polar surface area (TPSA) is 89.3 Å². The van der Waals surface area contributed by atoms with E-state index in [2.05, 4.69) is 5.32 Å². The summed E-state index contributed by atoms with van der Waals surface area (Å²) >= 11 is 6.68. The highest BCUT2D eigenvalue weighted by atomic mass is 35.5. The van der Waals surface area contributed by atoms with Crippen molar-refractivity contribution in [3.05, 3.63) is 51.0 Å². The van der Waals surface area contributed by atoms with Gasteiger partial charge in [-0.25, -0.2) is 8.42 Å². The van der Waals surface area contributed by atoms with E-state index >= 15 is 0 Å². The van der Waals surface area contributed by atoms with Crippen molar-refractivity contribution in [3.63, 3.8) is 0 Å². The van der Waals surface area contributed by atoms with Crippen LogP contribution in [0.4, 0.5) is 10.7 Å². The van der Waals surface area contributed by atoms with E-state index in [9.17, 15) is 18.5 Å². The molecule has 0 spiro atoms. The summed E-state index contributed by atoms with van der Waals surface area (Å²) in [7, 11) is -3.49. The molecular formula is C13H13ClN2O4S2. The van der Waals surface area contributed by atoms with Crippen LogP contribution in [0.3, 0.4) is 0 Å². The van der Waals surface area contributed by atoms with Crippen molar-refractivity contribution in [1.82, 2.24) is 0 Å². The molecule has 1 N–H and O–H groups in total. The highest BCUT2D eigenvalue weighted by Crippen LogP contribution is 2.38. The molecule has 1 heterocycles. The number of thiophene rings is 1. The highest BCUT2D eigenvalue weighted by Gasteiger charge is 2.24. The molecule has 0 aliphatic carbocycles. The maximum absolute atomic E-state index is 11.6. The number of nitro groups is 1. The molecule has 1 unspecified atom stereocenters. The van der Waals surface area contributed by atoms with Gasteiger partial charge in [0.1, 0.15) is 4.21 Å². The Kier molecular flexibility index (Phi) is 4.74. The zero-order valence-electron chi connectivity index (χ0n) is 11.7. The van der Waals surface area contributed by atoms with Crippen LogP contribution in [0.1, 0.15) is 18.5 Å². The maximum Gasteiger partial charge on any atom is 0.304 e. The zero-order valence-corrected chi connectivity index (χ0v) is 14.1. The van der Waals surface area contributed by atoms with E-state index in [0.29, 0.717) is 5.02 Å². The first-order valence-electron chi connectivity index (χ1n) is 6.19. The summed E-state index contributed by atoms with van der Waals surface area (Å²) in [5, 5.41) is 14.9. The number of hydrogen-bond acceptors (Lipinski definition) is 6. The third-order valence-corrected chi connectivity index (χ3v) is 6.08. The van der Waals surface area contributed by atoms with E-state index in [1.54, 1.807) is 24.3 Å². The van der Waals surface area contributed by atoms with Gasteiger partial charge in [-0.05, 0) is 24.6 Å². The van der Waals surface area contributed by atoms with Crippen LogP contribution in [0.15, 0.2) is 34.5 Å². The van der Waals surface area contributed by atoms with E-state index in [0.717, 1.165) is 29.2 Å². The van der Waals surface area contributed by atoms with Crippen molar-refractivity contribution in [2.24, 2.45) is 0 Å². The first kappa shape index (κ1) is 16.7. The quantitative estimate of drug-likeness (QED) is 0.645. The fraction of sp³-hybridized carbons (Fsp3) is 0.231. The minimum Gasteiger partial charge on any atom is -0.365 e. The van der Waals surface area contributed by atoms with Gasteiger partial charge < -0.3 is 5.32 Å². The van der Waals surface area contributed by atoms with Crippen LogP contribution in [0.5, 0.6) is 0 Å². The number of halogens is 1. The number of nitrogens with one attached hydrogen (secondary N) is 1. The second-order valence-corrected chi connectivity index (χ2v) is 8.46. The number of nitrogens with zero attached hydrogens (tertiary/aromatic N) is 1. The van der Waals surface area contributed by atoms with Gasteiger partial charge in [0.25, 0.3) is 0 Å². The molecule has 0 bridgehead atoms. The molecule has 0 fully saturated rings. The fourth-order valence-electron chi connectivity index (χ4n) is 1.81. The predicted molar refractivity (Wildman–Crippen MR) is 87.6 cm³/mol. The van der Waals surface area contributed by atoms with Crippen LogP contribution in [0, 0.1) is 10.1 Å². The number of sulfone groups is 1. The minimum atomic E-state index is -3.49. The van der Waals surface area contributed by atoms with Crippen LogP contribution in [-0.2, 0) is 9.84 Å². The molecule has 22 heavy (non-hydrogen) atoms. The zero-order chi connectivity index (χ0) is 16.5. The summed E-state index contributed by atoms with van der Waals surface area (Å²) in [4.78, 5) is 10.5. The van der Waals surface area contributed by atoms with Crippen LogP contribution in [0.25, 0.3) is 0 Å². The first-order chi connectivity index (χ1) is 10.2. The van der Waals surface area contributed by atoms with Crippen molar-refractivity contribution >= 4 is 43.5 Å². The SMILES string of the molecule is CC(Nc1sc(S(C)(=O)=O)cc1[N+](=O)[O-])c1ccc(Cl)cc1. The molecule has 0 aliphatic rings. The van der Waals surface area contributed by atoms with Gasteiger partial charge in [0.2, 0.25) is 0 Å². The summed E-state index contributed by atoms with van der Waals surface area (Å²) in [5.74, 6) is 0. The Hall–Kier alpha value is -1.64. The Morgan fingerprint density at radius 3 is 2.41 bits per heavy atom. The van der Waals surface area contributed by atoms with Gasteiger partial charge in [-0.1, -0.05) is 35.1 Å². The van der Waals surface area contributed by atoms with Crippen LogP contribution < -0.4 is 5.32 Å². The van der Waals surface area contributed by atoms with Gasteiger partial charge in [0.05, 0.1) is 4.92 Å². The normalized spacial score (nSPS) is 12.9. The van der Waals surface area contributed by atoms with Gasteiger partial charge in [-0.2, -0.15) is 0 Å². The lowest BCUT2D eigenvalue weighted by Crippen LogP contribution is -2.06. The number of hydrogen-bond donors (Lipinski definition) is 1. The molecule has 9 heteroatoms. The minimum absolute atomic E-state index is 0.0370. The summed E-state index contributed by atoms with van der Waals surface area (Å²) in [6, 6.07) is 7.90. The number of rotatable bonds is 5. The van der Waals surface area contributed by atoms with Crippen molar-refractivity contribution in [2.45, 2.75) is 17.2 Å². The molecule has 1 aromatic carbocycles. The Morgan fingerprint density at radius 1 is 1.32 bits per heavy atom. The Bertz CT molecular complexity index is 800. The average molecular weight is 361 g/mol. The van der Waals surface area contributed by atoms with Gasteiger partial charge in [-0.15, -0.1) is 0 Å². The lowest BCUT2D eigenvalue weighted by Gasteiger charge is -2.13. The Morgan fingerprint density at radius 2 is 1.91 bits per heavy atom. The summed E-state index contributed by atoms with van der Waals surface area (Å²) in [6.45, 7) is 1.83. The molecule has 0 radical (unpaired) electrons. The lowest BCUT2D eigenvalue weighted by molar-refractivity contribution is -0.383. The van der Waals surface area contributed by atoms with Gasteiger partial charge >= 0.3 is 5.69 Å². The third kappa shape index (κ3) is 3.76. The highest BCUT2D eigenvalue weighted by molar-refractivity contribution is 7.92. The largest absolute Gasteiger partial charge is 0.365 e. The predicted octanol–water partition coefficient (Wildman–Crippen LogP) is 3.89. The van der Waals surface area contributed by atoms with E-state index in [-0.39, 0.29) is 20.9 Å². The van der Waals surface area contributed by atoms with Crippen molar-refractivity contribution in [1.29, 1.82) is 0 Å². The smallest absolute Gasteiger partial charge is 0.304 e. The van der Waals surface area contributed by atoms with Gasteiger partial charge in [0, 0.05) is 23.4 Å². The van der Waals surface area contributed by atoms with E-state index in [4.69, 9.17) is 11.6 Å². The Balaban J connectivity index is 2.34. The second-order valence-electron chi connectivity index (χ2n) is 4.73. The van der Waals surface area contributed by atoms with Crippen LogP contribution in [0.2, 0.25) is 5.02 Å². The maximum atomic E-state index is 11.6. The monoisotopic (exact) mass is 360 g/mol. The van der Waals surface area contributed by atoms with E-state index in [1.807, 2.05) is 6.92 Å².